The summed E-state index contributed by atoms with van der Waals surface area (Å²) in [5, 5.41) is 5.23. The number of amides is 2. The van der Waals surface area contributed by atoms with Crippen molar-refractivity contribution in [2.75, 3.05) is 17.7 Å². The predicted octanol–water partition coefficient (Wildman–Crippen LogP) is 5.33. The van der Waals surface area contributed by atoms with Gasteiger partial charge in [0.05, 0.1) is 21.1 Å². The zero-order valence-electron chi connectivity index (χ0n) is 18.2. The summed E-state index contributed by atoms with van der Waals surface area (Å²) in [5.74, 6) is -0.654. The van der Waals surface area contributed by atoms with Gasteiger partial charge in [0.25, 0.3) is 22.0 Å². The average molecular weight is 557 g/mol. The fourth-order valence-corrected chi connectivity index (χ4v) is 5.81. The number of halogens is 4. The highest BCUT2D eigenvalue weighted by molar-refractivity contribution is 7.92. The molecule has 0 spiro atoms. The number of hydrogen-bond acceptors (Lipinski definition) is 6. The SMILES string of the molecule is CNc1cc2ccn(-c3ccc(NC(=O)NS(=O)(=O)c4ccc(Cl)s4)c(C(F)F)c3)c(=O)c2cc1F. The molecule has 0 fully saturated rings. The van der Waals surface area contributed by atoms with E-state index in [1.165, 1.54) is 43.6 Å². The Morgan fingerprint density at radius 3 is 2.47 bits per heavy atom. The molecule has 8 nitrogen and oxygen atoms in total. The first-order valence-electron chi connectivity index (χ1n) is 10.0. The number of pyridine rings is 1. The number of benzene rings is 2. The lowest BCUT2D eigenvalue weighted by Gasteiger charge is -2.15. The van der Waals surface area contributed by atoms with Gasteiger partial charge in [-0.1, -0.05) is 11.6 Å². The van der Waals surface area contributed by atoms with Gasteiger partial charge in [0, 0.05) is 24.5 Å². The van der Waals surface area contributed by atoms with Gasteiger partial charge in [0.2, 0.25) is 0 Å². The number of rotatable bonds is 6. The molecule has 0 aliphatic carbocycles. The first-order valence-corrected chi connectivity index (χ1v) is 12.7. The number of sulfonamides is 1. The molecule has 0 saturated carbocycles. The molecule has 0 unspecified atom stereocenters. The minimum atomic E-state index is -4.27. The normalized spacial score (nSPS) is 11.6. The van der Waals surface area contributed by atoms with E-state index in [4.69, 9.17) is 11.6 Å². The highest BCUT2D eigenvalue weighted by atomic mass is 35.5. The fourth-order valence-electron chi connectivity index (χ4n) is 3.42. The number of nitrogens with one attached hydrogen (secondary N) is 3. The molecule has 2 amide bonds. The molecular weight excluding hydrogens is 541 g/mol. The zero-order valence-corrected chi connectivity index (χ0v) is 20.6. The van der Waals surface area contributed by atoms with E-state index in [-0.39, 0.29) is 31.0 Å². The van der Waals surface area contributed by atoms with E-state index in [1.54, 1.807) is 4.72 Å². The summed E-state index contributed by atoms with van der Waals surface area (Å²) >= 11 is 6.43. The van der Waals surface area contributed by atoms with Gasteiger partial charge in [-0.2, -0.15) is 0 Å². The molecule has 36 heavy (non-hydrogen) atoms. The number of nitrogens with zero attached hydrogens (tertiary/aromatic N) is 1. The lowest BCUT2D eigenvalue weighted by atomic mass is 10.1. The smallest absolute Gasteiger partial charge is 0.333 e. The van der Waals surface area contributed by atoms with Gasteiger partial charge in [-0.3, -0.25) is 9.36 Å². The van der Waals surface area contributed by atoms with E-state index in [0.29, 0.717) is 16.7 Å². The van der Waals surface area contributed by atoms with E-state index < -0.39 is 39.4 Å². The Hall–Kier alpha value is -3.55. The standard InChI is InChI=1S/C22H16ClF3N4O4S2/c1-27-17-8-11-6-7-30(21(31)13(11)10-15(17)24)12-2-3-16(14(9-12)20(25)26)28-22(32)29-36(33,34)19-5-4-18(23)35-19/h2-10,20,27H,1H3,(H2,28,29,32). The first kappa shape index (κ1) is 25.5. The van der Waals surface area contributed by atoms with Crippen molar-refractivity contribution in [2.45, 2.75) is 10.6 Å². The van der Waals surface area contributed by atoms with E-state index in [9.17, 15) is 31.2 Å². The molecule has 0 saturated heterocycles. The zero-order chi connectivity index (χ0) is 26.2. The van der Waals surface area contributed by atoms with Gasteiger partial charge in [-0.25, -0.2) is 31.1 Å². The van der Waals surface area contributed by atoms with Crippen LogP contribution < -0.4 is 20.9 Å². The maximum absolute atomic E-state index is 14.2. The molecule has 2 heterocycles. The van der Waals surface area contributed by atoms with Crippen LogP contribution in [0.1, 0.15) is 12.0 Å². The monoisotopic (exact) mass is 556 g/mol. The van der Waals surface area contributed by atoms with Crippen molar-refractivity contribution in [1.82, 2.24) is 9.29 Å². The third-order valence-electron chi connectivity index (χ3n) is 5.10. The van der Waals surface area contributed by atoms with Gasteiger partial charge in [-0.15, -0.1) is 11.3 Å². The van der Waals surface area contributed by atoms with Crippen molar-refractivity contribution >= 4 is 61.1 Å². The molecule has 4 rings (SSSR count). The van der Waals surface area contributed by atoms with Gasteiger partial charge in [0.15, 0.2) is 0 Å². The van der Waals surface area contributed by atoms with E-state index >= 15 is 0 Å². The van der Waals surface area contributed by atoms with Crippen LogP contribution in [0.2, 0.25) is 4.34 Å². The van der Waals surface area contributed by atoms with E-state index in [0.717, 1.165) is 22.8 Å². The Balaban J connectivity index is 1.66. The van der Waals surface area contributed by atoms with Gasteiger partial charge >= 0.3 is 6.03 Å². The van der Waals surface area contributed by atoms with Crippen molar-refractivity contribution in [2.24, 2.45) is 0 Å². The summed E-state index contributed by atoms with van der Waals surface area (Å²) < 4.78 is 69.1. The van der Waals surface area contributed by atoms with E-state index in [2.05, 4.69) is 10.6 Å². The second-order valence-electron chi connectivity index (χ2n) is 7.35. The summed E-state index contributed by atoms with van der Waals surface area (Å²) in [6.07, 6.45) is -1.73. The number of carbonyl (C=O) groups is 1. The van der Waals surface area contributed by atoms with Crippen molar-refractivity contribution in [1.29, 1.82) is 0 Å². The molecule has 188 valence electrons. The second-order valence-corrected chi connectivity index (χ2v) is 11.0. The second kappa shape index (κ2) is 9.84. The molecule has 0 bridgehead atoms. The number of hydrogen-bond donors (Lipinski definition) is 3. The quantitative estimate of drug-likeness (QED) is 0.297. The third kappa shape index (κ3) is 5.03. The highest BCUT2D eigenvalue weighted by Gasteiger charge is 2.22. The van der Waals surface area contributed by atoms with Crippen LogP contribution in [0.5, 0.6) is 0 Å². The Bertz CT molecular complexity index is 1660. The molecular formula is C22H16ClF3N4O4S2. The lowest BCUT2D eigenvalue weighted by Crippen LogP contribution is -2.34. The van der Waals surface area contributed by atoms with Crippen LogP contribution in [0, 0.1) is 5.82 Å². The molecule has 3 N–H and O–H groups in total. The number of carbonyl (C=O) groups excluding carboxylic acids is 1. The molecule has 2 aromatic heterocycles. The molecule has 4 aromatic rings. The molecule has 0 aliphatic heterocycles. The van der Waals surface area contributed by atoms with E-state index in [1.807, 2.05) is 0 Å². The highest BCUT2D eigenvalue weighted by Crippen LogP contribution is 2.30. The molecule has 14 heteroatoms. The lowest BCUT2D eigenvalue weighted by molar-refractivity contribution is 0.152. The Morgan fingerprint density at radius 2 is 1.83 bits per heavy atom. The molecule has 2 aromatic carbocycles. The van der Waals surface area contributed by atoms with Crippen LogP contribution in [-0.2, 0) is 10.0 Å². The summed E-state index contributed by atoms with van der Waals surface area (Å²) in [7, 11) is -2.75. The first-order chi connectivity index (χ1) is 17.0. The van der Waals surface area contributed by atoms with Crippen molar-refractivity contribution < 1.29 is 26.4 Å². The number of fused-ring (bicyclic) bond motifs is 1. The minimum Gasteiger partial charge on any atom is -0.386 e. The summed E-state index contributed by atoms with van der Waals surface area (Å²) in [5.41, 5.74) is -1.46. The molecule has 0 aliphatic rings. The van der Waals surface area contributed by atoms with Crippen LogP contribution in [-0.4, -0.2) is 26.1 Å². The largest absolute Gasteiger partial charge is 0.386 e. The average Bonchev–Trinajstić information content (AvgIpc) is 3.26. The maximum Gasteiger partial charge on any atom is 0.333 e. The number of alkyl halides is 2. The topological polar surface area (TPSA) is 109 Å². The summed E-state index contributed by atoms with van der Waals surface area (Å²) in [6, 6.07) is 8.63. The maximum atomic E-state index is 14.2. The third-order valence-corrected chi connectivity index (χ3v) is 8.15. The number of aromatic nitrogens is 1. The fraction of sp³-hybridized carbons (Fsp3) is 0.0909. The van der Waals surface area contributed by atoms with Crippen LogP contribution in [0.3, 0.4) is 0 Å². The van der Waals surface area contributed by atoms with Crippen molar-refractivity contribution in [3.8, 4) is 5.69 Å². The van der Waals surface area contributed by atoms with Crippen LogP contribution in [0.4, 0.5) is 29.3 Å². The van der Waals surface area contributed by atoms with Crippen molar-refractivity contribution in [3.05, 3.63) is 80.8 Å². The van der Waals surface area contributed by atoms with Crippen LogP contribution in [0.15, 0.2) is 63.7 Å². The number of urea groups is 1. The van der Waals surface area contributed by atoms with Crippen LogP contribution >= 0.6 is 22.9 Å². The van der Waals surface area contributed by atoms with Gasteiger partial charge in [0.1, 0.15) is 10.0 Å². The van der Waals surface area contributed by atoms with Gasteiger partial charge < -0.3 is 10.6 Å². The number of anilines is 2. The molecule has 0 radical (unpaired) electrons. The predicted molar refractivity (Wildman–Crippen MR) is 133 cm³/mol. The molecule has 0 atom stereocenters. The summed E-state index contributed by atoms with van der Waals surface area (Å²) in [6.45, 7) is 0. The van der Waals surface area contributed by atoms with Crippen LogP contribution in [0.25, 0.3) is 16.5 Å². The van der Waals surface area contributed by atoms with Crippen molar-refractivity contribution in [3.63, 3.8) is 0 Å². The Kier molecular flexibility index (Phi) is 6.98. The Labute approximate surface area is 211 Å². The number of thiophene rings is 1. The Morgan fingerprint density at radius 1 is 1.08 bits per heavy atom. The minimum absolute atomic E-state index is 0.0297. The summed E-state index contributed by atoms with van der Waals surface area (Å²) in [4.78, 5) is 25.2. The van der Waals surface area contributed by atoms with Gasteiger partial charge in [-0.05, 0) is 53.9 Å².